The van der Waals surface area contributed by atoms with Crippen molar-refractivity contribution < 1.29 is 0 Å². The summed E-state index contributed by atoms with van der Waals surface area (Å²) >= 11 is 0. The molecule has 0 bridgehead atoms. The highest BCUT2D eigenvalue weighted by Crippen LogP contribution is 2.54. The first-order chi connectivity index (χ1) is 14.8. The lowest BCUT2D eigenvalue weighted by Gasteiger charge is -2.50. The molecule has 3 aliphatic rings. The third kappa shape index (κ3) is 2.66. The minimum Gasteiger partial charge on any atom is -0.343 e. The zero-order valence-electron chi connectivity index (χ0n) is 17.6. The van der Waals surface area contributed by atoms with Gasteiger partial charge in [-0.3, -0.25) is 0 Å². The zero-order valence-corrected chi connectivity index (χ0v) is 17.6. The van der Waals surface area contributed by atoms with Gasteiger partial charge in [-0.15, -0.1) is 0 Å². The standard InChI is InChI=1S/C26H28N4/c1-19-23-25(30(28-19)22-13-7-3-8-14-22)27-24(20-11-5-2-6-12-20)29(21-15-16-21)26(23)17-9-4-10-18-26/h2-3,5-8,11-14,21H,4,9-10,15-18H2,1H3. The molecule has 2 heterocycles. The molecule has 4 heteroatoms. The van der Waals surface area contributed by atoms with Crippen LogP contribution in [0.4, 0.5) is 5.82 Å². The molecule has 2 aliphatic carbocycles. The summed E-state index contributed by atoms with van der Waals surface area (Å²) in [4.78, 5) is 8.06. The van der Waals surface area contributed by atoms with Gasteiger partial charge in [-0.1, -0.05) is 67.8 Å². The van der Waals surface area contributed by atoms with Crippen molar-refractivity contribution in [1.82, 2.24) is 14.7 Å². The highest BCUT2D eigenvalue weighted by atomic mass is 15.4. The van der Waals surface area contributed by atoms with Crippen LogP contribution < -0.4 is 0 Å². The molecule has 3 aromatic rings. The van der Waals surface area contributed by atoms with Gasteiger partial charge in [-0.05, 0) is 44.7 Å². The first kappa shape index (κ1) is 17.9. The molecule has 1 aromatic heterocycles. The molecule has 1 spiro atoms. The lowest BCUT2D eigenvalue weighted by Crippen LogP contribution is -2.54. The predicted molar refractivity (Wildman–Crippen MR) is 121 cm³/mol. The first-order valence-corrected chi connectivity index (χ1v) is 11.4. The van der Waals surface area contributed by atoms with Gasteiger partial charge in [0.25, 0.3) is 0 Å². The summed E-state index contributed by atoms with van der Waals surface area (Å²) in [5.74, 6) is 2.18. The van der Waals surface area contributed by atoms with Crippen LogP contribution in [0.3, 0.4) is 0 Å². The Morgan fingerprint density at radius 3 is 2.20 bits per heavy atom. The second-order valence-corrected chi connectivity index (χ2v) is 9.03. The number of amidine groups is 1. The second-order valence-electron chi connectivity index (χ2n) is 9.03. The Bertz CT molecular complexity index is 1090. The summed E-state index contributed by atoms with van der Waals surface area (Å²) in [5, 5.41) is 5.04. The van der Waals surface area contributed by atoms with Crippen molar-refractivity contribution in [1.29, 1.82) is 0 Å². The van der Waals surface area contributed by atoms with E-state index in [1.54, 1.807) is 0 Å². The minimum absolute atomic E-state index is 0.0266. The van der Waals surface area contributed by atoms with Crippen LogP contribution in [0.1, 0.15) is 61.8 Å². The number of nitrogens with zero attached hydrogens (tertiary/aromatic N) is 4. The van der Waals surface area contributed by atoms with E-state index in [2.05, 4.69) is 77.2 Å². The van der Waals surface area contributed by atoms with Gasteiger partial charge < -0.3 is 4.90 Å². The van der Waals surface area contributed by atoms with Crippen molar-refractivity contribution in [2.24, 2.45) is 4.99 Å². The Morgan fingerprint density at radius 2 is 1.53 bits per heavy atom. The summed E-state index contributed by atoms with van der Waals surface area (Å²) in [6, 6.07) is 21.9. The average molecular weight is 397 g/mol. The van der Waals surface area contributed by atoms with Gasteiger partial charge in [0.1, 0.15) is 5.84 Å². The number of aryl methyl sites for hydroxylation is 1. The normalized spacial score (nSPS) is 20.2. The van der Waals surface area contributed by atoms with Gasteiger partial charge in [0.15, 0.2) is 5.82 Å². The number of aliphatic imine (C=N–C) groups is 1. The SMILES string of the molecule is Cc1nn(-c2ccccc2)c2c1C1(CCCCC1)N(C1CC1)C(c1ccccc1)=N2. The monoisotopic (exact) mass is 396 g/mol. The Labute approximate surface area is 178 Å². The number of hydrogen-bond acceptors (Lipinski definition) is 3. The van der Waals surface area contributed by atoms with E-state index in [-0.39, 0.29) is 5.54 Å². The van der Waals surface area contributed by atoms with E-state index in [4.69, 9.17) is 10.1 Å². The van der Waals surface area contributed by atoms with Gasteiger partial charge >= 0.3 is 0 Å². The van der Waals surface area contributed by atoms with E-state index in [0.29, 0.717) is 6.04 Å². The molecule has 6 rings (SSSR count). The molecule has 0 amide bonds. The molecule has 0 unspecified atom stereocenters. The van der Waals surface area contributed by atoms with Gasteiger partial charge in [0.2, 0.25) is 0 Å². The molecule has 0 radical (unpaired) electrons. The quantitative estimate of drug-likeness (QED) is 0.552. The summed E-state index contributed by atoms with van der Waals surface area (Å²) in [6.07, 6.45) is 8.83. The lowest BCUT2D eigenvalue weighted by atomic mass is 9.73. The molecule has 152 valence electrons. The Kier molecular flexibility index (Phi) is 4.08. The molecule has 2 saturated carbocycles. The zero-order chi connectivity index (χ0) is 20.1. The van der Waals surface area contributed by atoms with Crippen molar-refractivity contribution >= 4 is 11.7 Å². The summed E-state index contributed by atoms with van der Waals surface area (Å²) in [6.45, 7) is 2.18. The largest absolute Gasteiger partial charge is 0.343 e. The molecule has 2 aromatic carbocycles. The number of rotatable bonds is 3. The van der Waals surface area contributed by atoms with Gasteiger partial charge in [-0.25, -0.2) is 9.67 Å². The molecule has 30 heavy (non-hydrogen) atoms. The summed E-state index contributed by atoms with van der Waals surface area (Å²) in [5.41, 5.74) is 4.84. The van der Waals surface area contributed by atoms with E-state index < -0.39 is 0 Å². The van der Waals surface area contributed by atoms with Crippen LogP contribution in [-0.2, 0) is 5.54 Å². The Morgan fingerprint density at radius 1 is 0.867 bits per heavy atom. The third-order valence-electron chi connectivity index (χ3n) is 7.03. The number of para-hydroxylation sites is 1. The van der Waals surface area contributed by atoms with Crippen LogP contribution in [0.15, 0.2) is 65.7 Å². The number of hydrogen-bond donors (Lipinski definition) is 0. The fourth-order valence-electron chi connectivity index (χ4n) is 5.66. The van der Waals surface area contributed by atoms with E-state index in [1.807, 2.05) is 0 Å². The highest BCUT2D eigenvalue weighted by Gasteiger charge is 2.52. The Balaban J connectivity index is 1.64. The van der Waals surface area contributed by atoms with Crippen LogP contribution in [0, 0.1) is 6.92 Å². The van der Waals surface area contributed by atoms with Crippen molar-refractivity contribution in [3.05, 3.63) is 77.5 Å². The van der Waals surface area contributed by atoms with Crippen LogP contribution in [-0.4, -0.2) is 26.6 Å². The smallest absolute Gasteiger partial charge is 0.163 e. The van der Waals surface area contributed by atoms with E-state index in [9.17, 15) is 0 Å². The lowest BCUT2D eigenvalue weighted by molar-refractivity contribution is 0.105. The first-order valence-electron chi connectivity index (χ1n) is 11.4. The van der Waals surface area contributed by atoms with Crippen LogP contribution in [0.25, 0.3) is 5.69 Å². The number of benzene rings is 2. The van der Waals surface area contributed by atoms with Crippen molar-refractivity contribution in [3.8, 4) is 5.69 Å². The van der Waals surface area contributed by atoms with E-state index >= 15 is 0 Å². The third-order valence-corrected chi connectivity index (χ3v) is 7.03. The molecule has 0 atom stereocenters. The van der Waals surface area contributed by atoms with Crippen LogP contribution in [0.2, 0.25) is 0 Å². The van der Waals surface area contributed by atoms with Crippen LogP contribution in [0.5, 0.6) is 0 Å². The van der Waals surface area contributed by atoms with E-state index in [0.717, 1.165) is 23.0 Å². The molecule has 2 fully saturated rings. The van der Waals surface area contributed by atoms with Crippen molar-refractivity contribution in [2.75, 3.05) is 0 Å². The summed E-state index contributed by atoms with van der Waals surface area (Å²) in [7, 11) is 0. The fourth-order valence-corrected chi connectivity index (χ4v) is 5.66. The summed E-state index contributed by atoms with van der Waals surface area (Å²) < 4.78 is 2.08. The second kappa shape index (κ2) is 6.83. The van der Waals surface area contributed by atoms with Gasteiger partial charge in [0, 0.05) is 17.2 Å². The van der Waals surface area contributed by atoms with Gasteiger partial charge in [0.05, 0.1) is 16.9 Å². The molecular formula is C26H28N4. The number of aromatic nitrogens is 2. The number of fused-ring (bicyclic) bond motifs is 2. The maximum atomic E-state index is 5.35. The topological polar surface area (TPSA) is 33.4 Å². The molecule has 4 nitrogen and oxygen atoms in total. The Hall–Kier alpha value is -2.88. The molecule has 1 aliphatic heterocycles. The predicted octanol–water partition coefficient (Wildman–Crippen LogP) is 5.90. The maximum absolute atomic E-state index is 5.35. The van der Waals surface area contributed by atoms with E-state index in [1.165, 1.54) is 56.1 Å². The maximum Gasteiger partial charge on any atom is 0.163 e. The van der Waals surface area contributed by atoms with Crippen molar-refractivity contribution in [2.45, 2.75) is 63.5 Å². The molecule has 0 N–H and O–H groups in total. The molecular weight excluding hydrogens is 368 g/mol. The molecule has 0 saturated heterocycles. The fraction of sp³-hybridized carbons (Fsp3) is 0.385. The van der Waals surface area contributed by atoms with Gasteiger partial charge in [-0.2, -0.15) is 5.10 Å². The van der Waals surface area contributed by atoms with Crippen molar-refractivity contribution in [3.63, 3.8) is 0 Å². The highest BCUT2D eigenvalue weighted by molar-refractivity contribution is 6.02. The van der Waals surface area contributed by atoms with Crippen LogP contribution >= 0.6 is 0 Å². The minimum atomic E-state index is 0.0266. The average Bonchev–Trinajstić information content (AvgIpc) is 3.57.